The fourth-order valence-electron chi connectivity index (χ4n) is 3.08. The minimum Gasteiger partial charge on any atom is -0.343 e. The Kier molecular flexibility index (Phi) is 3.39. The van der Waals surface area contributed by atoms with Crippen molar-refractivity contribution in [3.8, 4) is 0 Å². The first-order valence-corrected chi connectivity index (χ1v) is 8.84. The minimum absolute atomic E-state index is 0.0153. The first-order valence-electron chi connectivity index (χ1n) is 7.40. The van der Waals surface area contributed by atoms with Crippen molar-refractivity contribution in [2.24, 2.45) is 0 Å². The van der Waals surface area contributed by atoms with Crippen molar-refractivity contribution in [2.75, 3.05) is 13.1 Å². The fraction of sp³-hybridized carbons (Fsp3) is 0.250. The molecule has 118 valence electrons. The van der Waals surface area contributed by atoms with Crippen molar-refractivity contribution >= 4 is 20.8 Å². The number of rotatable bonds is 3. The molecule has 0 amide bonds. The third-order valence-electron chi connectivity index (χ3n) is 4.26. The van der Waals surface area contributed by atoms with Crippen LogP contribution in [0.4, 0.5) is 0 Å². The second kappa shape index (κ2) is 5.43. The van der Waals surface area contributed by atoms with Crippen LogP contribution in [-0.2, 0) is 10.0 Å². The van der Waals surface area contributed by atoms with Gasteiger partial charge in [0, 0.05) is 24.4 Å². The molecule has 1 aliphatic rings. The van der Waals surface area contributed by atoms with Crippen molar-refractivity contribution < 1.29 is 12.9 Å². The van der Waals surface area contributed by atoms with Gasteiger partial charge in [-0.15, -0.1) is 0 Å². The largest absolute Gasteiger partial charge is 0.343 e. The van der Waals surface area contributed by atoms with Crippen molar-refractivity contribution in [1.82, 2.24) is 14.4 Å². The van der Waals surface area contributed by atoms with Crippen molar-refractivity contribution in [1.29, 1.82) is 0 Å². The van der Waals surface area contributed by atoms with Crippen LogP contribution in [0.1, 0.15) is 18.2 Å². The summed E-state index contributed by atoms with van der Waals surface area (Å²) < 4.78 is 32.3. The lowest BCUT2D eigenvalue weighted by Crippen LogP contribution is -2.29. The van der Waals surface area contributed by atoms with Gasteiger partial charge in [0.2, 0.25) is 16.4 Å². The number of sulfonamides is 1. The van der Waals surface area contributed by atoms with E-state index in [4.69, 9.17) is 4.52 Å². The molecule has 2 aromatic carbocycles. The van der Waals surface area contributed by atoms with Crippen LogP contribution in [0.15, 0.2) is 58.3 Å². The van der Waals surface area contributed by atoms with Crippen LogP contribution in [0.3, 0.4) is 0 Å². The van der Waals surface area contributed by atoms with Crippen LogP contribution >= 0.6 is 0 Å². The smallest absolute Gasteiger partial charge is 0.243 e. The molecule has 0 unspecified atom stereocenters. The Balaban J connectivity index is 1.70. The van der Waals surface area contributed by atoms with E-state index in [9.17, 15) is 8.42 Å². The molecule has 2 heterocycles. The zero-order chi connectivity index (χ0) is 15.9. The van der Waals surface area contributed by atoms with Gasteiger partial charge in [0.25, 0.3) is 0 Å². The Labute approximate surface area is 133 Å². The highest BCUT2D eigenvalue weighted by Gasteiger charge is 2.35. The van der Waals surface area contributed by atoms with E-state index in [2.05, 4.69) is 10.1 Å². The Bertz CT molecular complexity index is 933. The van der Waals surface area contributed by atoms with Crippen molar-refractivity contribution in [3.63, 3.8) is 0 Å². The first kappa shape index (κ1) is 14.3. The lowest BCUT2D eigenvalue weighted by atomic mass is 10.1. The normalized spacial score (nSPS) is 19.4. The minimum atomic E-state index is -3.54. The number of hydrogen-bond donors (Lipinski definition) is 0. The molecule has 1 fully saturated rings. The van der Waals surface area contributed by atoms with Crippen molar-refractivity contribution in [3.05, 3.63) is 54.7 Å². The van der Waals surface area contributed by atoms with Crippen LogP contribution in [-0.4, -0.2) is 36.0 Å². The van der Waals surface area contributed by atoms with E-state index in [-0.39, 0.29) is 5.92 Å². The average Bonchev–Trinajstić information content (AvgIpc) is 3.25. The van der Waals surface area contributed by atoms with Crippen molar-refractivity contribution in [2.45, 2.75) is 17.2 Å². The zero-order valence-electron chi connectivity index (χ0n) is 12.3. The van der Waals surface area contributed by atoms with E-state index in [0.717, 1.165) is 10.8 Å². The lowest BCUT2D eigenvalue weighted by molar-refractivity contribution is 0.403. The molecule has 1 saturated heterocycles. The van der Waals surface area contributed by atoms with Gasteiger partial charge in [-0.3, -0.25) is 0 Å². The highest BCUT2D eigenvalue weighted by Crippen LogP contribution is 2.32. The molecular weight excluding hydrogens is 314 g/mol. The Morgan fingerprint density at radius 1 is 1.13 bits per heavy atom. The summed E-state index contributed by atoms with van der Waals surface area (Å²) in [6, 6.07) is 12.9. The van der Waals surface area contributed by atoms with Gasteiger partial charge in [-0.05, 0) is 17.9 Å². The summed E-state index contributed by atoms with van der Waals surface area (Å²) in [5.74, 6) is 0.555. The predicted molar refractivity (Wildman–Crippen MR) is 84.4 cm³/mol. The van der Waals surface area contributed by atoms with Gasteiger partial charge in [-0.2, -0.15) is 9.29 Å². The molecule has 0 N–H and O–H groups in total. The highest BCUT2D eigenvalue weighted by molar-refractivity contribution is 7.89. The lowest BCUT2D eigenvalue weighted by Gasteiger charge is -2.17. The number of benzene rings is 2. The summed E-state index contributed by atoms with van der Waals surface area (Å²) in [5, 5.41) is 5.50. The van der Waals surface area contributed by atoms with Crippen LogP contribution in [0.2, 0.25) is 0 Å². The van der Waals surface area contributed by atoms with Crippen LogP contribution in [0.5, 0.6) is 0 Å². The summed E-state index contributed by atoms with van der Waals surface area (Å²) >= 11 is 0. The number of fused-ring (bicyclic) bond motifs is 1. The fourth-order valence-corrected chi connectivity index (χ4v) is 4.79. The van der Waals surface area contributed by atoms with Gasteiger partial charge >= 0.3 is 0 Å². The second-order valence-corrected chi connectivity index (χ2v) is 7.52. The quantitative estimate of drug-likeness (QED) is 0.737. The predicted octanol–water partition coefficient (Wildman–Crippen LogP) is 2.40. The molecule has 1 aromatic heterocycles. The van der Waals surface area contributed by atoms with E-state index in [0.29, 0.717) is 30.2 Å². The third kappa shape index (κ3) is 2.42. The van der Waals surface area contributed by atoms with Crippen LogP contribution in [0.25, 0.3) is 10.8 Å². The monoisotopic (exact) mass is 329 g/mol. The number of aromatic nitrogens is 2. The Hall–Kier alpha value is -2.25. The molecule has 7 heteroatoms. The molecule has 4 rings (SSSR count). The van der Waals surface area contributed by atoms with E-state index >= 15 is 0 Å². The van der Waals surface area contributed by atoms with Gasteiger partial charge in [-0.25, -0.2) is 8.42 Å². The van der Waals surface area contributed by atoms with Gasteiger partial charge in [0.05, 0.1) is 4.90 Å². The summed E-state index contributed by atoms with van der Waals surface area (Å²) in [4.78, 5) is 4.39. The maximum Gasteiger partial charge on any atom is 0.243 e. The van der Waals surface area contributed by atoms with E-state index in [1.165, 1.54) is 10.7 Å². The molecule has 1 atom stereocenters. The first-order chi connectivity index (χ1) is 11.2. The van der Waals surface area contributed by atoms with Gasteiger partial charge in [0.15, 0.2) is 5.82 Å². The molecule has 0 bridgehead atoms. The summed E-state index contributed by atoms with van der Waals surface area (Å²) in [6.45, 7) is 0.843. The average molecular weight is 329 g/mol. The third-order valence-corrected chi connectivity index (χ3v) is 6.19. The summed E-state index contributed by atoms with van der Waals surface area (Å²) in [7, 11) is -3.54. The van der Waals surface area contributed by atoms with E-state index in [1.807, 2.05) is 30.3 Å². The highest BCUT2D eigenvalue weighted by atomic mass is 32.2. The molecule has 0 saturated carbocycles. The molecule has 0 aliphatic carbocycles. The SMILES string of the molecule is O=S(=O)(c1cccc2ccccc12)N1CC[C@H](c2ncon2)C1. The maximum atomic E-state index is 13.0. The molecule has 23 heavy (non-hydrogen) atoms. The van der Waals surface area contributed by atoms with Gasteiger partial charge < -0.3 is 4.52 Å². The van der Waals surface area contributed by atoms with E-state index < -0.39 is 10.0 Å². The second-order valence-electron chi connectivity index (χ2n) is 5.62. The topological polar surface area (TPSA) is 76.3 Å². The summed E-state index contributed by atoms with van der Waals surface area (Å²) in [6.07, 6.45) is 1.97. The molecule has 0 spiro atoms. The zero-order valence-corrected chi connectivity index (χ0v) is 13.1. The maximum absolute atomic E-state index is 13.0. The molecule has 6 nitrogen and oxygen atoms in total. The number of nitrogens with zero attached hydrogens (tertiary/aromatic N) is 3. The number of hydrogen-bond acceptors (Lipinski definition) is 5. The standard InChI is InChI=1S/C16H15N3O3S/c20-23(21,15-7-3-5-12-4-1-2-6-14(12)15)19-9-8-13(10-19)16-17-11-22-18-16/h1-7,11,13H,8-10H2/t13-/m0/s1. The molecule has 1 aliphatic heterocycles. The van der Waals surface area contributed by atoms with Gasteiger partial charge in [-0.1, -0.05) is 41.6 Å². The van der Waals surface area contributed by atoms with E-state index in [1.54, 1.807) is 12.1 Å². The molecule has 0 radical (unpaired) electrons. The van der Waals surface area contributed by atoms with Crippen LogP contribution in [0, 0.1) is 0 Å². The Morgan fingerprint density at radius 3 is 2.78 bits per heavy atom. The van der Waals surface area contributed by atoms with Crippen LogP contribution < -0.4 is 0 Å². The summed E-state index contributed by atoms with van der Waals surface area (Å²) in [5.41, 5.74) is 0. The Morgan fingerprint density at radius 2 is 1.96 bits per heavy atom. The molecular formula is C16H15N3O3S. The van der Waals surface area contributed by atoms with Gasteiger partial charge in [0.1, 0.15) is 0 Å². The molecule has 3 aromatic rings.